The molecule has 2 aromatic rings. The Labute approximate surface area is 224 Å². The summed E-state index contributed by atoms with van der Waals surface area (Å²) in [6.07, 6.45) is 6.26. The molecule has 3 N–H and O–H groups in total. The van der Waals surface area contributed by atoms with Gasteiger partial charge in [-0.1, -0.05) is 18.2 Å². The monoisotopic (exact) mass is 518 g/mol. The van der Waals surface area contributed by atoms with E-state index in [1.807, 2.05) is 18.3 Å². The van der Waals surface area contributed by atoms with Gasteiger partial charge in [-0.25, -0.2) is 0 Å². The predicted octanol–water partition coefficient (Wildman–Crippen LogP) is 3.37. The largest absolute Gasteiger partial charge is 0.476 e. The molecule has 6 rings (SSSR count). The van der Waals surface area contributed by atoms with Crippen LogP contribution in [0.1, 0.15) is 48.0 Å². The van der Waals surface area contributed by atoms with Gasteiger partial charge in [0.05, 0.1) is 29.6 Å². The summed E-state index contributed by atoms with van der Waals surface area (Å²) in [5.41, 5.74) is 5.19. The highest BCUT2D eigenvalue weighted by Crippen LogP contribution is 2.43. The second-order valence-electron chi connectivity index (χ2n) is 11.1. The molecule has 4 aliphatic rings. The van der Waals surface area contributed by atoms with Crippen LogP contribution in [0.3, 0.4) is 0 Å². The van der Waals surface area contributed by atoms with E-state index in [0.29, 0.717) is 24.3 Å². The van der Waals surface area contributed by atoms with Crippen molar-refractivity contribution in [1.82, 2.24) is 5.32 Å². The van der Waals surface area contributed by atoms with E-state index in [1.165, 1.54) is 11.3 Å². The average molecular weight is 519 g/mol. The van der Waals surface area contributed by atoms with Gasteiger partial charge in [0, 0.05) is 49.5 Å². The van der Waals surface area contributed by atoms with E-state index in [4.69, 9.17) is 4.74 Å². The zero-order valence-corrected chi connectivity index (χ0v) is 22.0. The number of aliphatic hydroxyl groups excluding tert-OH is 2. The van der Waals surface area contributed by atoms with Crippen LogP contribution < -0.4 is 20.0 Å². The maximum Gasteiger partial charge on any atom is 0.251 e. The number of hydrogen-bond donors (Lipinski definition) is 3. The first-order valence-electron chi connectivity index (χ1n) is 14.0. The van der Waals surface area contributed by atoms with Crippen LogP contribution in [-0.2, 0) is 4.74 Å². The lowest BCUT2D eigenvalue weighted by Crippen LogP contribution is -2.51. The minimum atomic E-state index is -0.940. The Morgan fingerprint density at radius 1 is 0.921 bits per heavy atom. The normalized spacial score (nSPS) is 27.4. The maximum absolute atomic E-state index is 13.3. The van der Waals surface area contributed by atoms with E-state index in [2.05, 4.69) is 57.3 Å². The fraction of sp³-hybridized carbons (Fsp3) is 0.500. The number of benzene rings is 2. The summed E-state index contributed by atoms with van der Waals surface area (Å²) in [4.78, 5) is 20.3. The minimum Gasteiger partial charge on any atom is -0.476 e. The summed E-state index contributed by atoms with van der Waals surface area (Å²) in [7, 11) is 0. The fourth-order valence-corrected chi connectivity index (χ4v) is 6.08. The molecule has 8 heteroatoms. The van der Waals surface area contributed by atoms with Gasteiger partial charge in [-0.15, -0.1) is 0 Å². The first-order valence-corrected chi connectivity index (χ1v) is 14.0. The summed E-state index contributed by atoms with van der Waals surface area (Å²) in [6, 6.07) is 14.0. The van der Waals surface area contributed by atoms with Gasteiger partial charge in [0.1, 0.15) is 6.26 Å². The molecule has 1 saturated heterocycles. The topological polar surface area (TPSA) is 88.5 Å². The van der Waals surface area contributed by atoms with Crippen molar-refractivity contribution in [3.05, 3.63) is 66.1 Å². The summed E-state index contributed by atoms with van der Waals surface area (Å²) in [5, 5.41) is 23.4. The molecule has 3 fully saturated rings. The van der Waals surface area contributed by atoms with Crippen molar-refractivity contribution >= 4 is 23.0 Å². The number of carbonyl (C=O) groups is 1. The van der Waals surface area contributed by atoms with Gasteiger partial charge in [0.2, 0.25) is 0 Å². The summed E-state index contributed by atoms with van der Waals surface area (Å²) >= 11 is 0. The zero-order valence-electron chi connectivity index (χ0n) is 22.0. The molecule has 2 aromatic carbocycles. The highest BCUT2D eigenvalue weighted by atomic mass is 16.5. The van der Waals surface area contributed by atoms with Gasteiger partial charge >= 0.3 is 0 Å². The van der Waals surface area contributed by atoms with Crippen LogP contribution in [0.5, 0.6) is 0 Å². The molecule has 202 valence electrons. The molecule has 2 aliphatic carbocycles. The number of hydrogen-bond acceptors (Lipinski definition) is 7. The second-order valence-corrected chi connectivity index (χ2v) is 11.1. The first kappa shape index (κ1) is 25.1. The van der Waals surface area contributed by atoms with E-state index < -0.39 is 18.2 Å². The van der Waals surface area contributed by atoms with Gasteiger partial charge in [-0.05, 0) is 68.9 Å². The fourth-order valence-electron chi connectivity index (χ4n) is 6.08. The van der Waals surface area contributed by atoms with Crippen LogP contribution in [0.4, 0.5) is 17.1 Å². The minimum absolute atomic E-state index is 0.0457. The molecule has 2 heterocycles. The van der Waals surface area contributed by atoms with Crippen LogP contribution in [0.2, 0.25) is 0 Å². The van der Waals surface area contributed by atoms with Crippen LogP contribution >= 0.6 is 0 Å². The predicted molar refractivity (Wildman–Crippen MR) is 148 cm³/mol. The quantitative estimate of drug-likeness (QED) is 0.540. The number of carbonyl (C=O) groups excluding carboxylic acids is 1. The van der Waals surface area contributed by atoms with Crippen molar-refractivity contribution in [2.24, 2.45) is 5.92 Å². The highest BCUT2D eigenvalue weighted by molar-refractivity contribution is 5.97. The third-order valence-electron chi connectivity index (χ3n) is 8.47. The Kier molecular flexibility index (Phi) is 6.93. The molecule has 1 amide bonds. The van der Waals surface area contributed by atoms with Gasteiger partial charge in [-0.2, -0.15) is 0 Å². The molecular weight excluding hydrogens is 480 g/mol. The molecule has 38 heavy (non-hydrogen) atoms. The zero-order chi connectivity index (χ0) is 26.2. The number of aryl methyl sites for hydroxylation is 1. The molecule has 1 unspecified atom stereocenters. The first-order chi connectivity index (χ1) is 18.5. The average Bonchev–Trinajstić information content (AvgIpc) is 3.67. The number of nitrogens with one attached hydrogen (secondary N) is 1. The standard InChI is InChI=1S/C30H38N4O4/c1-20-5-2-3-7-24(20)32-13-15-33(16-14-32)25-12-11-22(29(37)31-23-6-4-8-27(35)28(23)36)19-26(25)34-17-18-38-30(34)21-9-10-21/h2-3,5,7,11-12,17-19,21,23,27-28,30,35-36H,4,6,8-10,13-16H2,1H3,(H,31,37)/t23-,27-,28+,30?/m1/s1. The number of aliphatic hydroxyl groups is 2. The number of amides is 1. The number of ether oxygens (including phenoxy) is 1. The van der Waals surface area contributed by atoms with E-state index in [0.717, 1.165) is 56.8 Å². The van der Waals surface area contributed by atoms with E-state index in [-0.39, 0.29) is 12.1 Å². The Morgan fingerprint density at radius 3 is 2.39 bits per heavy atom. The van der Waals surface area contributed by atoms with E-state index >= 15 is 0 Å². The van der Waals surface area contributed by atoms with Crippen molar-refractivity contribution < 1.29 is 19.7 Å². The van der Waals surface area contributed by atoms with Crippen LogP contribution in [-0.4, -0.2) is 66.8 Å². The van der Waals surface area contributed by atoms with Crippen LogP contribution in [0.15, 0.2) is 54.9 Å². The Bertz CT molecular complexity index is 1190. The summed E-state index contributed by atoms with van der Waals surface area (Å²) in [6.45, 7) is 5.77. The summed E-state index contributed by atoms with van der Waals surface area (Å²) in [5.74, 6) is 0.263. The SMILES string of the molecule is Cc1ccccc1N1CCN(c2ccc(C(=O)N[C@@H]3CCC[C@@H](O)[C@H]3O)cc2N2C=COC2C2CC2)CC1. The Balaban J connectivity index is 1.24. The Morgan fingerprint density at radius 2 is 1.66 bits per heavy atom. The van der Waals surface area contributed by atoms with E-state index in [9.17, 15) is 15.0 Å². The molecule has 0 radical (unpaired) electrons. The molecule has 0 spiro atoms. The number of piperazine rings is 1. The third-order valence-corrected chi connectivity index (χ3v) is 8.47. The smallest absolute Gasteiger partial charge is 0.251 e. The number of para-hydroxylation sites is 1. The molecule has 0 bridgehead atoms. The number of anilines is 3. The van der Waals surface area contributed by atoms with Gasteiger partial charge in [0.25, 0.3) is 5.91 Å². The van der Waals surface area contributed by atoms with Crippen molar-refractivity contribution in [3.63, 3.8) is 0 Å². The van der Waals surface area contributed by atoms with Crippen molar-refractivity contribution in [2.75, 3.05) is 40.9 Å². The van der Waals surface area contributed by atoms with Crippen molar-refractivity contribution in [3.8, 4) is 0 Å². The molecule has 8 nitrogen and oxygen atoms in total. The van der Waals surface area contributed by atoms with Crippen molar-refractivity contribution in [2.45, 2.75) is 63.5 Å². The molecule has 2 saturated carbocycles. The van der Waals surface area contributed by atoms with Crippen LogP contribution in [0.25, 0.3) is 0 Å². The van der Waals surface area contributed by atoms with E-state index in [1.54, 1.807) is 6.26 Å². The lowest BCUT2D eigenvalue weighted by atomic mass is 9.90. The van der Waals surface area contributed by atoms with Crippen LogP contribution in [0, 0.1) is 12.8 Å². The third kappa shape index (κ3) is 4.95. The second kappa shape index (κ2) is 10.5. The maximum atomic E-state index is 13.3. The molecular formula is C30H38N4O4. The lowest BCUT2D eigenvalue weighted by Gasteiger charge is -2.40. The number of rotatable bonds is 6. The lowest BCUT2D eigenvalue weighted by molar-refractivity contribution is -0.0278. The van der Waals surface area contributed by atoms with Gasteiger partial charge in [-0.3, -0.25) is 4.79 Å². The molecule has 0 aromatic heterocycles. The molecule has 2 aliphatic heterocycles. The van der Waals surface area contributed by atoms with Gasteiger partial charge in [0.15, 0.2) is 6.23 Å². The Hall–Kier alpha value is -3.23. The summed E-state index contributed by atoms with van der Waals surface area (Å²) < 4.78 is 5.98. The van der Waals surface area contributed by atoms with Crippen molar-refractivity contribution in [1.29, 1.82) is 0 Å². The highest BCUT2D eigenvalue weighted by Gasteiger charge is 2.40. The van der Waals surface area contributed by atoms with Gasteiger partial charge < -0.3 is 35.0 Å². The number of nitrogens with zero attached hydrogens (tertiary/aromatic N) is 3. The molecule has 4 atom stereocenters.